The van der Waals surface area contributed by atoms with Gasteiger partial charge in [0, 0.05) is 0 Å². The highest BCUT2D eigenvalue weighted by molar-refractivity contribution is 6.62. The van der Waals surface area contributed by atoms with Crippen molar-refractivity contribution in [3.63, 3.8) is 0 Å². The van der Waals surface area contributed by atoms with E-state index in [1.54, 1.807) is 51.3 Å². The Kier molecular flexibility index (Phi) is 6.12. The molecule has 0 aromatic rings. The predicted molar refractivity (Wildman–Crippen MR) is 116 cm³/mol. The van der Waals surface area contributed by atoms with Crippen molar-refractivity contribution in [2.45, 2.75) is 129 Å². The van der Waals surface area contributed by atoms with E-state index in [4.69, 9.17) is 0 Å². The van der Waals surface area contributed by atoms with Crippen molar-refractivity contribution in [3.05, 3.63) is 0 Å². The molecule has 4 atom stereocenters. The Morgan fingerprint density at radius 2 is 1.38 bits per heavy atom. The van der Waals surface area contributed by atoms with Crippen LogP contribution in [0.5, 0.6) is 0 Å². The van der Waals surface area contributed by atoms with Crippen molar-refractivity contribution in [1.82, 2.24) is 0 Å². The standard InChI is InChI=1S/C25H45B/c1-19(16-20-14-15-21-17-24(20)25(21,2)3)18-26(22-10-6-4-7-11-22)23-12-8-5-9-13-23/h19-24H,4-18H2,1-3H3/t19?,20-,21-,24-/m1/s1. The van der Waals surface area contributed by atoms with Crippen LogP contribution in [-0.4, -0.2) is 6.71 Å². The van der Waals surface area contributed by atoms with Crippen LogP contribution in [0.3, 0.4) is 0 Å². The third-order valence-corrected chi connectivity index (χ3v) is 9.89. The molecule has 148 valence electrons. The summed E-state index contributed by atoms with van der Waals surface area (Å²) >= 11 is 0. The van der Waals surface area contributed by atoms with E-state index in [2.05, 4.69) is 20.8 Å². The number of fused-ring (bicyclic) bond motifs is 2. The fraction of sp³-hybridized carbons (Fsp3) is 1.00. The Hall–Kier alpha value is 0.0649. The lowest BCUT2D eigenvalue weighted by molar-refractivity contribution is -0.109. The molecule has 5 fully saturated rings. The summed E-state index contributed by atoms with van der Waals surface area (Å²) in [7, 11) is 0. The first-order chi connectivity index (χ1) is 12.6. The highest BCUT2D eigenvalue weighted by atomic mass is 14.6. The van der Waals surface area contributed by atoms with Gasteiger partial charge in [0.15, 0.2) is 0 Å². The van der Waals surface area contributed by atoms with Crippen LogP contribution < -0.4 is 0 Å². The molecule has 5 saturated carbocycles. The van der Waals surface area contributed by atoms with Crippen LogP contribution in [0.25, 0.3) is 0 Å². The quantitative estimate of drug-likeness (QED) is 0.420. The molecule has 2 bridgehead atoms. The minimum Gasteiger partial charge on any atom is -0.0711 e. The Morgan fingerprint density at radius 3 is 1.88 bits per heavy atom. The summed E-state index contributed by atoms with van der Waals surface area (Å²) in [6.45, 7) is 8.87. The lowest BCUT2D eigenvalue weighted by Crippen LogP contribution is -2.52. The van der Waals surface area contributed by atoms with E-state index in [0.717, 1.165) is 42.0 Å². The SMILES string of the molecule is CC(CB(C1CCCCC1)C1CCCCC1)C[C@H]1CC[C@@H]2C[C@H]1C2(C)C. The van der Waals surface area contributed by atoms with Gasteiger partial charge in [0.2, 0.25) is 0 Å². The van der Waals surface area contributed by atoms with Gasteiger partial charge in [0.25, 0.3) is 0 Å². The molecular weight excluding hydrogens is 311 g/mol. The van der Waals surface area contributed by atoms with Gasteiger partial charge in [0.1, 0.15) is 6.71 Å². The van der Waals surface area contributed by atoms with Crippen LogP contribution in [0.15, 0.2) is 0 Å². The van der Waals surface area contributed by atoms with E-state index >= 15 is 0 Å². The maximum Gasteiger partial charge on any atom is 0.146 e. The summed E-state index contributed by atoms with van der Waals surface area (Å²) in [5.74, 6) is 6.34. The summed E-state index contributed by atoms with van der Waals surface area (Å²) in [6.07, 6.45) is 23.2. The first-order valence-electron chi connectivity index (χ1n) is 12.6. The van der Waals surface area contributed by atoms with E-state index in [0.29, 0.717) is 5.41 Å². The van der Waals surface area contributed by atoms with E-state index in [9.17, 15) is 0 Å². The van der Waals surface area contributed by atoms with Gasteiger partial charge in [-0.25, -0.2) is 0 Å². The molecule has 1 heteroatoms. The van der Waals surface area contributed by atoms with Crippen molar-refractivity contribution in [1.29, 1.82) is 0 Å². The molecule has 0 aromatic carbocycles. The minimum atomic E-state index is 0.675. The molecular formula is C25H45B. The van der Waals surface area contributed by atoms with Gasteiger partial charge < -0.3 is 0 Å². The van der Waals surface area contributed by atoms with Gasteiger partial charge in [-0.3, -0.25) is 0 Å². The molecule has 0 saturated heterocycles. The Labute approximate surface area is 164 Å². The van der Waals surface area contributed by atoms with Gasteiger partial charge in [-0.1, -0.05) is 109 Å². The van der Waals surface area contributed by atoms with Gasteiger partial charge in [-0.05, 0) is 48.9 Å². The number of hydrogen-bond donors (Lipinski definition) is 0. The summed E-state index contributed by atoms with van der Waals surface area (Å²) in [5, 5.41) is 0. The van der Waals surface area contributed by atoms with Gasteiger partial charge in [0.05, 0.1) is 0 Å². The normalized spacial score (nSPS) is 36.3. The molecule has 0 nitrogen and oxygen atoms in total. The van der Waals surface area contributed by atoms with Crippen molar-refractivity contribution in [2.75, 3.05) is 0 Å². The van der Waals surface area contributed by atoms with E-state index in [-0.39, 0.29) is 0 Å². The van der Waals surface area contributed by atoms with Gasteiger partial charge in [-0.2, -0.15) is 0 Å². The molecule has 5 aliphatic carbocycles. The molecule has 5 aliphatic rings. The number of rotatable bonds is 6. The van der Waals surface area contributed by atoms with Crippen LogP contribution >= 0.6 is 0 Å². The fourth-order valence-corrected chi connectivity index (χ4v) is 8.22. The molecule has 1 unspecified atom stereocenters. The highest BCUT2D eigenvalue weighted by Gasteiger charge is 2.54. The monoisotopic (exact) mass is 356 g/mol. The molecule has 0 N–H and O–H groups in total. The summed E-state index contributed by atoms with van der Waals surface area (Å²) in [5.41, 5.74) is 0.675. The van der Waals surface area contributed by atoms with E-state index < -0.39 is 0 Å². The zero-order chi connectivity index (χ0) is 18.1. The molecule has 26 heavy (non-hydrogen) atoms. The second-order valence-electron chi connectivity index (χ2n) is 11.7. The zero-order valence-corrected chi connectivity index (χ0v) is 18.1. The van der Waals surface area contributed by atoms with Crippen molar-refractivity contribution < 1.29 is 0 Å². The van der Waals surface area contributed by atoms with Gasteiger partial charge in [-0.15, -0.1) is 0 Å². The van der Waals surface area contributed by atoms with E-state index in [1.165, 1.54) is 44.9 Å². The lowest BCUT2D eigenvalue weighted by Gasteiger charge is -2.60. The Bertz CT molecular complexity index is 423. The Morgan fingerprint density at radius 1 is 0.808 bits per heavy atom. The predicted octanol–water partition coefficient (Wildman–Crippen LogP) is 8.25. The largest absolute Gasteiger partial charge is 0.146 e. The second-order valence-corrected chi connectivity index (χ2v) is 11.7. The topological polar surface area (TPSA) is 0 Å². The van der Waals surface area contributed by atoms with Crippen LogP contribution in [-0.2, 0) is 0 Å². The first-order valence-corrected chi connectivity index (χ1v) is 12.6. The molecule has 0 amide bonds. The average molecular weight is 356 g/mol. The minimum absolute atomic E-state index is 0.675. The summed E-state index contributed by atoms with van der Waals surface area (Å²) in [6, 6.07) is 0. The zero-order valence-electron chi connectivity index (χ0n) is 18.1. The average Bonchev–Trinajstić information content (AvgIpc) is 2.67. The molecule has 0 spiro atoms. The van der Waals surface area contributed by atoms with Crippen molar-refractivity contribution >= 4 is 6.71 Å². The van der Waals surface area contributed by atoms with Crippen molar-refractivity contribution in [3.8, 4) is 0 Å². The lowest BCUT2D eigenvalue weighted by atomic mass is 9.28. The van der Waals surface area contributed by atoms with Gasteiger partial charge >= 0.3 is 0 Å². The van der Waals surface area contributed by atoms with E-state index in [1.807, 2.05) is 0 Å². The highest BCUT2D eigenvalue weighted by Crippen LogP contribution is 2.62. The summed E-state index contributed by atoms with van der Waals surface area (Å²) in [4.78, 5) is 0. The van der Waals surface area contributed by atoms with Crippen LogP contribution in [0.4, 0.5) is 0 Å². The molecule has 0 aromatic heterocycles. The van der Waals surface area contributed by atoms with Crippen LogP contribution in [0.2, 0.25) is 18.0 Å². The molecule has 0 heterocycles. The van der Waals surface area contributed by atoms with Crippen molar-refractivity contribution in [2.24, 2.45) is 29.1 Å². The third-order valence-electron chi connectivity index (χ3n) is 9.89. The maximum absolute atomic E-state index is 2.64. The summed E-state index contributed by atoms with van der Waals surface area (Å²) < 4.78 is 0. The smallest absolute Gasteiger partial charge is 0.0711 e. The first kappa shape index (κ1) is 19.4. The number of hydrogen-bond acceptors (Lipinski definition) is 0. The third kappa shape index (κ3) is 3.93. The second kappa shape index (κ2) is 8.20. The molecule has 5 rings (SSSR count). The maximum atomic E-state index is 2.64. The molecule has 0 radical (unpaired) electrons. The Balaban J connectivity index is 1.36. The van der Waals surface area contributed by atoms with Crippen LogP contribution in [0, 0.1) is 29.1 Å². The molecule has 0 aliphatic heterocycles. The fourth-order valence-electron chi connectivity index (χ4n) is 8.22. The van der Waals surface area contributed by atoms with Crippen LogP contribution in [0.1, 0.15) is 111 Å².